The van der Waals surface area contributed by atoms with Crippen molar-refractivity contribution in [3.8, 4) is 11.8 Å². The summed E-state index contributed by atoms with van der Waals surface area (Å²) < 4.78 is 31.5. The van der Waals surface area contributed by atoms with Gasteiger partial charge in [-0.2, -0.15) is 5.26 Å². The first kappa shape index (κ1) is 18.0. The number of esters is 1. The van der Waals surface area contributed by atoms with Gasteiger partial charge in [0.2, 0.25) is 0 Å². The number of carbonyl (C=O) groups excluding carboxylic acids is 1. The molecule has 1 aliphatic carbocycles. The first-order chi connectivity index (χ1) is 12.4. The Morgan fingerprint density at radius 1 is 1.27 bits per heavy atom. The van der Waals surface area contributed by atoms with Gasteiger partial charge in [-0.1, -0.05) is 12.8 Å². The molecule has 0 radical (unpaired) electrons. The summed E-state index contributed by atoms with van der Waals surface area (Å²) in [7, 11) is -2.13. The number of hydrogen-bond donors (Lipinski definition) is 1. The quantitative estimate of drug-likeness (QED) is 0.823. The summed E-state index contributed by atoms with van der Waals surface area (Å²) in [6.45, 7) is 0. The van der Waals surface area contributed by atoms with Crippen molar-refractivity contribution in [1.29, 1.82) is 5.26 Å². The van der Waals surface area contributed by atoms with Crippen molar-refractivity contribution in [3.05, 3.63) is 41.7 Å². The van der Waals surface area contributed by atoms with Gasteiger partial charge in [-0.3, -0.25) is 0 Å². The number of benzene rings is 1. The van der Waals surface area contributed by atoms with Gasteiger partial charge in [0.05, 0.1) is 28.5 Å². The van der Waals surface area contributed by atoms with E-state index in [1.807, 2.05) is 6.07 Å². The Balaban J connectivity index is 2.02. The van der Waals surface area contributed by atoms with Crippen LogP contribution in [0.2, 0.25) is 0 Å². The molecular formula is C18H19N3O4S. The minimum absolute atomic E-state index is 0.0296. The van der Waals surface area contributed by atoms with E-state index in [9.17, 15) is 13.2 Å². The van der Waals surface area contributed by atoms with Gasteiger partial charge in [0.1, 0.15) is 6.07 Å². The molecule has 26 heavy (non-hydrogen) atoms. The Bertz CT molecular complexity index is 979. The van der Waals surface area contributed by atoms with E-state index in [-0.39, 0.29) is 27.1 Å². The molecule has 8 heteroatoms. The van der Waals surface area contributed by atoms with Crippen LogP contribution in [0, 0.1) is 11.3 Å². The smallest absolute Gasteiger partial charge is 0.357 e. The number of hydrogen-bond acceptors (Lipinski definition) is 6. The number of aromatic nitrogens is 1. The molecule has 1 aliphatic rings. The van der Waals surface area contributed by atoms with Gasteiger partial charge in [-0.05, 0) is 37.1 Å². The fraction of sp³-hybridized carbons (Fsp3) is 0.333. The molecule has 0 unspecified atom stereocenters. The molecule has 0 amide bonds. The van der Waals surface area contributed by atoms with E-state index in [1.54, 1.807) is 12.1 Å². The van der Waals surface area contributed by atoms with E-state index in [1.165, 1.54) is 30.0 Å². The summed E-state index contributed by atoms with van der Waals surface area (Å²) in [4.78, 5) is 12.3. The zero-order valence-corrected chi connectivity index (χ0v) is 15.1. The lowest BCUT2D eigenvalue weighted by Gasteiger charge is -2.13. The van der Waals surface area contributed by atoms with Crippen molar-refractivity contribution >= 4 is 21.5 Å². The van der Waals surface area contributed by atoms with Gasteiger partial charge in [-0.15, -0.1) is 0 Å². The normalized spacial score (nSPS) is 14.9. The molecule has 2 aromatic rings. The Kier molecular flexibility index (Phi) is 4.74. The van der Waals surface area contributed by atoms with Crippen molar-refractivity contribution < 1.29 is 17.9 Å². The topological polar surface area (TPSA) is 115 Å². The predicted octanol–water partition coefficient (Wildman–Crippen LogP) is 2.43. The Morgan fingerprint density at radius 3 is 2.42 bits per heavy atom. The third kappa shape index (κ3) is 2.95. The number of nitriles is 1. The van der Waals surface area contributed by atoms with E-state index in [2.05, 4.69) is 0 Å². The Labute approximate surface area is 151 Å². The lowest BCUT2D eigenvalue weighted by atomic mass is 10.2. The lowest BCUT2D eigenvalue weighted by molar-refractivity contribution is 0.0593. The molecule has 1 heterocycles. The molecule has 7 nitrogen and oxygen atoms in total. The molecule has 0 aliphatic heterocycles. The van der Waals surface area contributed by atoms with Crippen molar-refractivity contribution in [2.24, 2.45) is 0 Å². The van der Waals surface area contributed by atoms with Crippen LogP contribution in [-0.2, 0) is 14.6 Å². The molecular weight excluding hydrogens is 354 g/mol. The molecule has 0 bridgehead atoms. The third-order valence-corrected chi connectivity index (χ3v) is 7.01. The average Bonchev–Trinajstić information content (AvgIpc) is 3.29. The molecule has 3 rings (SSSR count). The summed E-state index contributed by atoms with van der Waals surface area (Å²) in [6.07, 6.45) is 4.68. The maximum atomic E-state index is 12.7. The predicted molar refractivity (Wildman–Crippen MR) is 95.7 cm³/mol. The molecule has 0 atom stereocenters. The second kappa shape index (κ2) is 6.84. The standard InChI is InChI=1S/C18H19N3O4S/c1-25-18(22)17-16(20)12(10-19)11-21(17)13-6-8-15(9-7-13)26(23,24)14-4-2-3-5-14/h6-9,11,14H,2-5,20H2,1H3. The SMILES string of the molecule is COC(=O)c1c(N)c(C#N)cn1-c1ccc(S(=O)(=O)C2CCCC2)cc1. The van der Waals surface area contributed by atoms with Crippen LogP contribution in [0.3, 0.4) is 0 Å². The zero-order chi connectivity index (χ0) is 18.9. The van der Waals surface area contributed by atoms with Crippen LogP contribution < -0.4 is 5.73 Å². The first-order valence-electron chi connectivity index (χ1n) is 8.23. The highest BCUT2D eigenvalue weighted by atomic mass is 32.2. The summed E-state index contributed by atoms with van der Waals surface area (Å²) in [5.41, 5.74) is 6.60. The van der Waals surface area contributed by atoms with Crippen LogP contribution in [0.5, 0.6) is 0 Å². The number of nitrogen functional groups attached to an aromatic ring is 1. The number of sulfone groups is 1. The monoisotopic (exact) mass is 373 g/mol. The first-order valence-corrected chi connectivity index (χ1v) is 9.78. The minimum atomic E-state index is -3.35. The largest absolute Gasteiger partial charge is 0.464 e. The van der Waals surface area contributed by atoms with E-state index in [0.29, 0.717) is 18.5 Å². The number of carbonyl (C=O) groups is 1. The summed E-state index contributed by atoms with van der Waals surface area (Å²) >= 11 is 0. The summed E-state index contributed by atoms with van der Waals surface area (Å²) in [5, 5.41) is 8.83. The van der Waals surface area contributed by atoms with Crippen LogP contribution >= 0.6 is 0 Å². The van der Waals surface area contributed by atoms with E-state index in [0.717, 1.165) is 12.8 Å². The van der Waals surface area contributed by atoms with Gasteiger partial charge in [0.15, 0.2) is 15.5 Å². The van der Waals surface area contributed by atoms with Crippen molar-refractivity contribution in [3.63, 3.8) is 0 Å². The highest BCUT2D eigenvalue weighted by molar-refractivity contribution is 7.92. The fourth-order valence-corrected chi connectivity index (χ4v) is 5.16. The van der Waals surface area contributed by atoms with E-state index >= 15 is 0 Å². The van der Waals surface area contributed by atoms with Crippen LogP contribution in [-0.4, -0.2) is 31.3 Å². The summed E-state index contributed by atoms with van der Waals surface area (Å²) in [5.74, 6) is -0.674. The van der Waals surface area contributed by atoms with E-state index < -0.39 is 15.8 Å². The van der Waals surface area contributed by atoms with E-state index in [4.69, 9.17) is 15.7 Å². The number of ether oxygens (including phenoxy) is 1. The molecule has 0 spiro atoms. The molecule has 2 N–H and O–H groups in total. The van der Waals surface area contributed by atoms with Gasteiger partial charge in [-0.25, -0.2) is 13.2 Å². The second-order valence-electron chi connectivity index (χ2n) is 6.22. The van der Waals surface area contributed by atoms with Gasteiger partial charge in [0, 0.05) is 11.9 Å². The average molecular weight is 373 g/mol. The van der Waals surface area contributed by atoms with Crippen molar-refractivity contribution in [1.82, 2.24) is 4.57 Å². The highest BCUT2D eigenvalue weighted by Crippen LogP contribution is 2.31. The fourth-order valence-electron chi connectivity index (χ4n) is 3.31. The number of methoxy groups -OCH3 is 1. The Morgan fingerprint density at radius 2 is 1.88 bits per heavy atom. The van der Waals surface area contributed by atoms with Gasteiger partial charge >= 0.3 is 5.97 Å². The van der Waals surface area contributed by atoms with Gasteiger partial charge < -0.3 is 15.0 Å². The number of rotatable bonds is 4. The molecule has 1 aromatic heterocycles. The number of nitrogens with zero attached hydrogens (tertiary/aromatic N) is 2. The van der Waals surface area contributed by atoms with Crippen LogP contribution in [0.25, 0.3) is 5.69 Å². The number of nitrogens with two attached hydrogens (primary N) is 1. The number of anilines is 1. The third-order valence-electron chi connectivity index (χ3n) is 4.73. The maximum Gasteiger partial charge on any atom is 0.357 e. The molecule has 0 saturated heterocycles. The zero-order valence-electron chi connectivity index (χ0n) is 14.3. The molecule has 1 aromatic carbocycles. The van der Waals surface area contributed by atoms with Crippen LogP contribution in [0.4, 0.5) is 5.69 Å². The molecule has 1 saturated carbocycles. The summed E-state index contributed by atoms with van der Waals surface area (Å²) in [6, 6.07) is 8.15. The van der Waals surface area contributed by atoms with Crippen LogP contribution in [0.15, 0.2) is 35.4 Å². The molecule has 136 valence electrons. The second-order valence-corrected chi connectivity index (χ2v) is 8.45. The van der Waals surface area contributed by atoms with Crippen molar-refractivity contribution in [2.45, 2.75) is 35.8 Å². The Hall–Kier alpha value is -2.79. The van der Waals surface area contributed by atoms with Crippen LogP contribution in [0.1, 0.15) is 41.7 Å². The molecule has 1 fully saturated rings. The van der Waals surface area contributed by atoms with Crippen molar-refractivity contribution in [2.75, 3.05) is 12.8 Å². The maximum absolute atomic E-state index is 12.7. The highest BCUT2D eigenvalue weighted by Gasteiger charge is 2.30. The van der Waals surface area contributed by atoms with Gasteiger partial charge in [0.25, 0.3) is 0 Å². The minimum Gasteiger partial charge on any atom is -0.464 e. The lowest BCUT2D eigenvalue weighted by Crippen LogP contribution is -2.17.